The van der Waals surface area contributed by atoms with Gasteiger partial charge in [-0.3, -0.25) is 4.99 Å². The van der Waals surface area contributed by atoms with Gasteiger partial charge in [0.25, 0.3) is 0 Å². The van der Waals surface area contributed by atoms with Gasteiger partial charge in [-0.25, -0.2) is 0 Å². The lowest BCUT2D eigenvalue weighted by atomic mass is 10.1. The standard InChI is InChI=1S/C12H17NO2S/c1-8-10(14-3)7-6-9(11(8)15-4)12(13-2)16-5/h6-7H,1-5H3. The second-order valence-electron chi connectivity index (χ2n) is 3.21. The Kier molecular flexibility index (Phi) is 4.68. The molecule has 88 valence electrons. The first-order valence-corrected chi connectivity index (χ1v) is 6.14. The molecule has 0 heterocycles. The van der Waals surface area contributed by atoms with E-state index in [0.29, 0.717) is 0 Å². The molecule has 1 rings (SSSR count). The fraction of sp³-hybridized carbons (Fsp3) is 0.417. The van der Waals surface area contributed by atoms with Crippen LogP contribution in [0.3, 0.4) is 0 Å². The maximum absolute atomic E-state index is 5.43. The minimum atomic E-state index is 0.828. The Morgan fingerprint density at radius 3 is 2.38 bits per heavy atom. The Labute approximate surface area is 101 Å². The van der Waals surface area contributed by atoms with E-state index in [-0.39, 0.29) is 0 Å². The smallest absolute Gasteiger partial charge is 0.135 e. The van der Waals surface area contributed by atoms with Crippen LogP contribution in [0.4, 0.5) is 0 Å². The molecular weight excluding hydrogens is 222 g/mol. The largest absolute Gasteiger partial charge is 0.496 e. The van der Waals surface area contributed by atoms with Gasteiger partial charge >= 0.3 is 0 Å². The van der Waals surface area contributed by atoms with Crippen LogP contribution in [0.2, 0.25) is 0 Å². The van der Waals surface area contributed by atoms with E-state index in [1.807, 2.05) is 25.3 Å². The third-order valence-electron chi connectivity index (χ3n) is 2.41. The third-order valence-corrected chi connectivity index (χ3v) is 3.20. The lowest BCUT2D eigenvalue weighted by Gasteiger charge is -2.14. The zero-order valence-corrected chi connectivity index (χ0v) is 11.1. The average Bonchev–Trinajstić information content (AvgIpc) is 2.31. The molecule has 16 heavy (non-hydrogen) atoms. The molecule has 0 saturated carbocycles. The first kappa shape index (κ1) is 12.9. The first-order valence-electron chi connectivity index (χ1n) is 4.92. The van der Waals surface area contributed by atoms with Gasteiger partial charge in [0.05, 0.1) is 14.2 Å². The quantitative estimate of drug-likeness (QED) is 0.600. The Morgan fingerprint density at radius 2 is 1.94 bits per heavy atom. The van der Waals surface area contributed by atoms with Gasteiger partial charge < -0.3 is 9.47 Å². The number of hydrogen-bond acceptors (Lipinski definition) is 4. The molecule has 0 aliphatic carbocycles. The van der Waals surface area contributed by atoms with Crippen LogP contribution in [0.1, 0.15) is 11.1 Å². The predicted octanol–water partition coefficient (Wildman–Crippen LogP) is 2.75. The van der Waals surface area contributed by atoms with Crippen molar-refractivity contribution >= 4 is 16.8 Å². The summed E-state index contributed by atoms with van der Waals surface area (Å²) in [5, 5.41) is 0.961. The van der Waals surface area contributed by atoms with Gasteiger partial charge in [-0.1, -0.05) is 0 Å². The third kappa shape index (κ3) is 2.32. The van der Waals surface area contributed by atoms with Crippen molar-refractivity contribution in [2.75, 3.05) is 27.5 Å². The summed E-state index contributed by atoms with van der Waals surface area (Å²) in [5.41, 5.74) is 2.01. The second kappa shape index (κ2) is 5.80. The minimum Gasteiger partial charge on any atom is -0.496 e. The molecule has 4 heteroatoms. The van der Waals surface area contributed by atoms with Gasteiger partial charge in [0.1, 0.15) is 16.5 Å². The van der Waals surface area contributed by atoms with E-state index in [1.165, 1.54) is 0 Å². The molecular formula is C12H17NO2S. The lowest BCUT2D eigenvalue weighted by Crippen LogP contribution is -2.02. The summed E-state index contributed by atoms with van der Waals surface area (Å²) in [6.07, 6.45) is 2.00. The van der Waals surface area contributed by atoms with Crippen molar-refractivity contribution in [3.8, 4) is 11.5 Å². The Balaban J connectivity index is 3.36. The lowest BCUT2D eigenvalue weighted by molar-refractivity contribution is 0.388. The van der Waals surface area contributed by atoms with Crippen molar-refractivity contribution < 1.29 is 9.47 Å². The van der Waals surface area contributed by atoms with Gasteiger partial charge in [-0.15, -0.1) is 11.8 Å². The minimum absolute atomic E-state index is 0.828. The summed E-state index contributed by atoms with van der Waals surface area (Å²) in [6, 6.07) is 3.91. The van der Waals surface area contributed by atoms with Gasteiger partial charge in [-0.05, 0) is 25.3 Å². The van der Waals surface area contributed by atoms with E-state index in [2.05, 4.69) is 4.99 Å². The average molecular weight is 239 g/mol. The molecule has 0 N–H and O–H groups in total. The molecule has 0 amide bonds. The number of thioether (sulfide) groups is 1. The van der Waals surface area contributed by atoms with Gasteiger partial charge in [0, 0.05) is 18.2 Å². The highest BCUT2D eigenvalue weighted by Crippen LogP contribution is 2.33. The van der Waals surface area contributed by atoms with E-state index in [4.69, 9.17) is 9.47 Å². The predicted molar refractivity (Wildman–Crippen MR) is 70.3 cm³/mol. The molecule has 0 aliphatic heterocycles. The van der Waals surface area contributed by atoms with Crippen molar-refractivity contribution in [3.05, 3.63) is 23.3 Å². The van der Waals surface area contributed by atoms with E-state index in [9.17, 15) is 0 Å². The first-order chi connectivity index (χ1) is 7.69. The molecule has 0 fully saturated rings. The van der Waals surface area contributed by atoms with Crippen LogP contribution in [-0.2, 0) is 0 Å². The highest BCUT2D eigenvalue weighted by molar-refractivity contribution is 8.13. The number of benzene rings is 1. The SMILES string of the molecule is CN=C(SC)c1ccc(OC)c(C)c1OC. The van der Waals surface area contributed by atoms with Crippen molar-refractivity contribution in [1.82, 2.24) is 0 Å². The van der Waals surface area contributed by atoms with E-state index < -0.39 is 0 Å². The van der Waals surface area contributed by atoms with Crippen LogP contribution in [0.25, 0.3) is 0 Å². The van der Waals surface area contributed by atoms with Gasteiger partial charge in [-0.2, -0.15) is 0 Å². The summed E-state index contributed by atoms with van der Waals surface area (Å²) in [7, 11) is 5.11. The number of methoxy groups -OCH3 is 2. The molecule has 1 aromatic carbocycles. The number of ether oxygens (including phenoxy) is 2. The van der Waals surface area contributed by atoms with Crippen LogP contribution in [0.15, 0.2) is 17.1 Å². The van der Waals surface area contributed by atoms with Crippen LogP contribution in [0, 0.1) is 6.92 Å². The monoisotopic (exact) mass is 239 g/mol. The molecule has 0 atom stereocenters. The molecule has 3 nitrogen and oxygen atoms in total. The molecule has 1 aromatic rings. The molecule has 0 aromatic heterocycles. The van der Waals surface area contributed by atoms with Gasteiger partial charge in [0.2, 0.25) is 0 Å². The Hall–Kier alpha value is -1.16. The summed E-state index contributed by atoms with van der Waals surface area (Å²) in [5.74, 6) is 1.66. The number of nitrogens with zero attached hydrogens (tertiary/aromatic N) is 1. The topological polar surface area (TPSA) is 30.8 Å². The Bertz CT molecular complexity index is 402. The fourth-order valence-corrected chi connectivity index (χ4v) is 2.21. The zero-order valence-electron chi connectivity index (χ0n) is 10.3. The van der Waals surface area contributed by atoms with Crippen molar-refractivity contribution in [2.45, 2.75) is 6.92 Å². The molecule has 0 radical (unpaired) electrons. The number of rotatable bonds is 3. The van der Waals surface area contributed by atoms with E-state index in [1.54, 1.807) is 33.0 Å². The summed E-state index contributed by atoms with van der Waals surface area (Å²) >= 11 is 1.60. The molecule has 0 aliphatic rings. The molecule has 0 unspecified atom stereocenters. The van der Waals surface area contributed by atoms with Crippen LogP contribution < -0.4 is 9.47 Å². The normalized spacial score (nSPS) is 11.4. The number of hydrogen-bond donors (Lipinski definition) is 0. The number of aliphatic imine (C=N–C) groups is 1. The van der Waals surface area contributed by atoms with Crippen LogP contribution in [-0.4, -0.2) is 32.6 Å². The van der Waals surface area contributed by atoms with Crippen molar-refractivity contribution in [2.24, 2.45) is 4.99 Å². The molecule has 0 spiro atoms. The zero-order chi connectivity index (χ0) is 12.1. The second-order valence-corrected chi connectivity index (χ2v) is 4.00. The maximum atomic E-state index is 5.43. The fourth-order valence-electron chi connectivity index (χ4n) is 1.65. The van der Waals surface area contributed by atoms with Crippen molar-refractivity contribution in [1.29, 1.82) is 0 Å². The highest BCUT2D eigenvalue weighted by Gasteiger charge is 2.14. The molecule has 0 bridgehead atoms. The summed E-state index contributed by atoms with van der Waals surface area (Å²) in [6.45, 7) is 1.98. The van der Waals surface area contributed by atoms with Crippen LogP contribution in [0.5, 0.6) is 11.5 Å². The maximum Gasteiger partial charge on any atom is 0.135 e. The summed E-state index contributed by atoms with van der Waals surface area (Å²) in [4.78, 5) is 4.24. The molecule has 0 saturated heterocycles. The van der Waals surface area contributed by atoms with Crippen LogP contribution >= 0.6 is 11.8 Å². The highest BCUT2D eigenvalue weighted by atomic mass is 32.2. The Morgan fingerprint density at radius 1 is 1.25 bits per heavy atom. The summed E-state index contributed by atoms with van der Waals surface area (Å²) < 4.78 is 10.7. The van der Waals surface area contributed by atoms with E-state index in [0.717, 1.165) is 27.7 Å². The van der Waals surface area contributed by atoms with Crippen molar-refractivity contribution in [3.63, 3.8) is 0 Å². The van der Waals surface area contributed by atoms with E-state index >= 15 is 0 Å². The van der Waals surface area contributed by atoms with Gasteiger partial charge in [0.15, 0.2) is 0 Å².